The van der Waals surface area contributed by atoms with Crippen molar-refractivity contribution >= 4 is 28.3 Å². The van der Waals surface area contributed by atoms with Crippen LogP contribution in [-0.4, -0.2) is 43.8 Å². The van der Waals surface area contributed by atoms with Crippen LogP contribution in [0.25, 0.3) is 0 Å². The van der Waals surface area contributed by atoms with Gasteiger partial charge in [-0.25, -0.2) is 8.42 Å². The number of nitrogens with two attached hydrogens (primary N) is 1. The van der Waals surface area contributed by atoms with E-state index in [4.69, 9.17) is 5.73 Å². The molecule has 0 unspecified atom stereocenters. The second kappa shape index (κ2) is 10.1. The van der Waals surface area contributed by atoms with Gasteiger partial charge in [-0.05, 0) is 62.8 Å². The number of hydrogen-bond acceptors (Lipinski definition) is 4. The van der Waals surface area contributed by atoms with Gasteiger partial charge >= 0.3 is 0 Å². The maximum absolute atomic E-state index is 12.9. The third-order valence-electron chi connectivity index (χ3n) is 5.99. The predicted molar refractivity (Wildman–Crippen MR) is 113 cm³/mol. The Morgan fingerprint density at radius 1 is 1.00 bits per heavy atom. The average molecular weight is 430 g/mol. The van der Waals surface area contributed by atoms with Crippen LogP contribution < -0.4 is 11.1 Å². The van der Waals surface area contributed by atoms with E-state index in [1.165, 1.54) is 10.7 Å². The number of nitrogens with zero attached hydrogens (tertiary/aromatic N) is 1. The van der Waals surface area contributed by atoms with E-state index in [0.717, 1.165) is 51.4 Å². The van der Waals surface area contributed by atoms with Gasteiger partial charge < -0.3 is 11.1 Å². The molecule has 28 heavy (non-hydrogen) atoms. The SMILES string of the molecule is CN(C1CCCCC1)S(=O)(=O)c1ccc(C(=O)NC2CCC(N)CC2)cc1.Cl. The summed E-state index contributed by atoms with van der Waals surface area (Å²) in [6.45, 7) is 0. The van der Waals surface area contributed by atoms with E-state index in [1.807, 2.05) is 0 Å². The van der Waals surface area contributed by atoms with Gasteiger partial charge in [-0.1, -0.05) is 19.3 Å². The van der Waals surface area contributed by atoms with Gasteiger partial charge in [-0.3, -0.25) is 4.79 Å². The fourth-order valence-electron chi connectivity index (χ4n) is 4.12. The molecule has 3 N–H and O–H groups in total. The average Bonchev–Trinajstić information content (AvgIpc) is 2.70. The Morgan fingerprint density at radius 2 is 1.57 bits per heavy atom. The highest BCUT2D eigenvalue weighted by atomic mass is 35.5. The van der Waals surface area contributed by atoms with Crippen LogP contribution >= 0.6 is 12.4 Å². The molecule has 1 aromatic carbocycles. The summed E-state index contributed by atoms with van der Waals surface area (Å²) in [5, 5.41) is 3.03. The molecule has 1 aromatic rings. The van der Waals surface area contributed by atoms with Crippen molar-refractivity contribution in [2.45, 2.75) is 80.8 Å². The lowest BCUT2D eigenvalue weighted by molar-refractivity contribution is 0.0925. The normalized spacial score (nSPS) is 23.8. The Bertz CT molecular complexity index is 740. The molecular formula is C20H32ClN3O3S. The third-order valence-corrected chi connectivity index (χ3v) is 7.91. The summed E-state index contributed by atoms with van der Waals surface area (Å²) in [4.78, 5) is 12.7. The van der Waals surface area contributed by atoms with Crippen molar-refractivity contribution in [3.8, 4) is 0 Å². The minimum atomic E-state index is -3.53. The second-order valence-corrected chi connectivity index (χ2v) is 9.92. The Balaban J connectivity index is 0.00000280. The number of nitrogens with one attached hydrogen (secondary N) is 1. The van der Waals surface area contributed by atoms with Crippen LogP contribution in [0.4, 0.5) is 0 Å². The fourth-order valence-corrected chi connectivity index (χ4v) is 5.53. The van der Waals surface area contributed by atoms with Crippen LogP contribution in [-0.2, 0) is 10.0 Å². The van der Waals surface area contributed by atoms with Crippen LogP contribution in [0.3, 0.4) is 0 Å². The van der Waals surface area contributed by atoms with Crippen molar-refractivity contribution in [2.24, 2.45) is 5.73 Å². The maximum atomic E-state index is 12.9. The van der Waals surface area contributed by atoms with E-state index >= 15 is 0 Å². The number of carbonyl (C=O) groups is 1. The van der Waals surface area contributed by atoms with Gasteiger partial charge in [0.1, 0.15) is 0 Å². The van der Waals surface area contributed by atoms with Crippen molar-refractivity contribution in [2.75, 3.05) is 7.05 Å². The standard InChI is InChI=1S/C20H31N3O3S.ClH/c1-23(18-5-3-2-4-6-18)27(25,26)19-13-7-15(8-14-19)20(24)22-17-11-9-16(21)10-12-17;/h7-8,13-14,16-18H,2-6,9-12,21H2,1H3,(H,22,24);1H. The zero-order valence-electron chi connectivity index (χ0n) is 16.5. The molecule has 0 aromatic heterocycles. The molecule has 0 radical (unpaired) electrons. The first kappa shape index (κ1) is 23.1. The van der Waals surface area contributed by atoms with E-state index in [0.29, 0.717) is 5.56 Å². The molecule has 2 fully saturated rings. The van der Waals surface area contributed by atoms with Crippen LogP contribution in [0, 0.1) is 0 Å². The molecule has 0 heterocycles. The van der Waals surface area contributed by atoms with Crippen molar-refractivity contribution < 1.29 is 13.2 Å². The minimum absolute atomic E-state index is 0. The minimum Gasteiger partial charge on any atom is -0.349 e. The number of hydrogen-bond donors (Lipinski definition) is 2. The number of halogens is 1. The molecule has 2 saturated carbocycles. The molecule has 8 heteroatoms. The quantitative estimate of drug-likeness (QED) is 0.752. The summed E-state index contributed by atoms with van der Waals surface area (Å²) in [6, 6.07) is 6.75. The molecule has 2 aliphatic rings. The summed E-state index contributed by atoms with van der Waals surface area (Å²) in [6.07, 6.45) is 8.82. The highest BCUT2D eigenvalue weighted by Crippen LogP contribution is 2.26. The van der Waals surface area contributed by atoms with E-state index in [-0.39, 0.29) is 41.3 Å². The monoisotopic (exact) mass is 429 g/mol. The lowest BCUT2D eigenvalue weighted by Crippen LogP contribution is -2.40. The summed E-state index contributed by atoms with van der Waals surface area (Å²) in [7, 11) is -1.86. The first-order valence-electron chi connectivity index (χ1n) is 10.0. The molecule has 0 saturated heterocycles. The van der Waals surface area contributed by atoms with Gasteiger partial charge in [0.05, 0.1) is 4.90 Å². The molecule has 0 bridgehead atoms. The van der Waals surface area contributed by atoms with Crippen molar-refractivity contribution in [3.63, 3.8) is 0 Å². The van der Waals surface area contributed by atoms with Crippen LogP contribution in [0.1, 0.15) is 68.1 Å². The lowest BCUT2D eigenvalue weighted by Gasteiger charge is -2.30. The molecule has 6 nitrogen and oxygen atoms in total. The number of rotatable bonds is 5. The number of amides is 1. The Labute approximate surface area is 174 Å². The van der Waals surface area contributed by atoms with Crippen molar-refractivity contribution in [1.82, 2.24) is 9.62 Å². The maximum Gasteiger partial charge on any atom is 0.251 e. The van der Waals surface area contributed by atoms with E-state index < -0.39 is 10.0 Å². The second-order valence-electron chi connectivity index (χ2n) is 7.92. The zero-order valence-corrected chi connectivity index (χ0v) is 18.1. The summed E-state index contributed by atoms with van der Waals surface area (Å²) < 4.78 is 27.3. The predicted octanol–water partition coefficient (Wildman–Crippen LogP) is 3.06. The molecule has 0 atom stereocenters. The van der Waals surface area contributed by atoms with Gasteiger partial charge in [0.2, 0.25) is 10.0 Å². The molecule has 0 spiro atoms. The lowest BCUT2D eigenvalue weighted by atomic mass is 9.91. The van der Waals surface area contributed by atoms with Gasteiger partial charge in [-0.15, -0.1) is 12.4 Å². The highest BCUT2D eigenvalue weighted by molar-refractivity contribution is 7.89. The number of sulfonamides is 1. The molecular weight excluding hydrogens is 398 g/mol. The third kappa shape index (κ3) is 5.47. The highest BCUT2D eigenvalue weighted by Gasteiger charge is 2.29. The smallest absolute Gasteiger partial charge is 0.251 e. The fraction of sp³-hybridized carbons (Fsp3) is 0.650. The molecule has 2 aliphatic carbocycles. The Hall–Kier alpha value is -1.15. The topological polar surface area (TPSA) is 92.5 Å². The molecule has 1 amide bonds. The largest absolute Gasteiger partial charge is 0.349 e. The molecule has 158 valence electrons. The first-order chi connectivity index (χ1) is 12.9. The van der Waals surface area contributed by atoms with Gasteiger partial charge in [-0.2, -0.15) is 4.31 Å². The van der Waals surface area contributed by atoms with Crippen LogP contribution in [0.15, 0.2) is 29.2 Å². The summed E-state index contributed by atoms with van der Waals surface area (Å²) >= 11 is 0. The Kier molecular flexibility index (Phi) is 8.30. The van der Waals surface area contributed by atoms with Gasteiger partial charge in [0.25, 0.3) is 5.91 Å². The van der Waals surface area contributed by atoms with E-state index in [2.05, 4.69) is 5.32 Å². The first-order valence-corrected chi connectivity index (χ1v) is 11.5. The van der Waals surface area contributed by atoms with Crippen LogP contribution in [0.2, 0.25) is 0 Å². The zero-order chi connectivity index (χ0) is 19.4. The summed E-state index contributed by atoms with van der Waals surface area (Å²) in [5.41, 5.74) is 6.39. The number of carbonyl (C=O) groups excluding carboxylic acids is 1. The van der Waals surface area contributed by atoms with E-state index in [1.54, 1.807) is 31.3 Å². The van der Waals surface area contributed by atoms with Gasteiger partial charge in [0, 0.05) is 30.7 Å². The van der Waals surface area contributed by atoms with E-state index in [9.17, 15) is 13.2 Å². The van der Waals surface area contributed by atoms with Crippen molar-refractivity contribution in [1.29, 1.82) is 0 Å². The number of benzene rings is 1. The van der Waals surface area contributed by atoms with Gasteiger partial charge in [0.15, 0.2) is 0 Å². The Morgan fingerprint density at radius 3 is 2.14 bits per heavy atom. The van der Waals surface area contributed by atoms with Crippen LogP contribution in [0.5, 0.6) is 0 Å². The molecule has 3 rings (SSSR count). The summed E-state index contributed by atoms with van der Waals surface area (Å²) in [5.74, 6) is -0.153. The van der Waals surface area contributed by atoms with Crippen molar-refractivity contribution in [3.05, 3.63) is 29.8 Å². The molecule has 0 aliphatic heterocycles.